The second-order valence-electron chi connectivity index (χ2n) is 6.15. The third-order valence-corrected chi connectivity index (χ3v) is 4.21. The van der Waals surface area contributed by atoms with Gasteiger partial charge in [0.25, 0.3) is 0 Å². The molecule has 8 heteroatoms. The third kappa shape index (κ3) is 4.55. The van der Waals surface area contributed by atoms with E-state index in [4.69, 9.17) is 16.3 Å². The average Bonchev–Trinajstić information content (AvgIpc) is 2.63. The second kappa shape index (κ2) is 8.22. The number of anilines is 2. The van der Waals surface area contributed by atoms with Crippen LogP contribution in [-0.2, 0) is 0 Å². The maximum Gasteiger partial charge on any atom is 0.323 e. The van der Waals surface area contributed by atoms with E-state index in [1.54, 1.807) is 38.1 Å². The highest BCUT2D eigenvalue weighted by molar-refractivity contribution is 6.33. The largest absolute Gasteiger partial charge is 0.421 e. The fraction of sp³-hybridized carbons (Fsp3) is 0.150. The van der Waals surface area contributed by atoms with Crippen molar-refractivity contribution in [2.24, 2.45) is 0 Å². The van der Waals surface area contributed by atoms with Gasteiger partial charge in [-0.15, -0.1) is 0 Å². The number of para-hydroxylation sites is 1. The second-order valence-corrected chi connectivity index (χ2v) is 6.55. The number of carbonyl (C=O) groups is 1. The molecule has 0 fully saturated rings. The molecule has 28 heavy (non-hydrogen) atoms. The zero-order chi connectivity index (χ0) is 20.3. The number of amides is 2. The molecule has 0 spiro atoms. The SMILES string of the molecule is Cc1ccc(NC(=O)Nc2c(C)nc(Oc3ccccc3F)nc2C)c(Cl)c1. The summed E-state index contributed by atoms with van der Waals surface area (Å²) in [5.41, 5.74) is 2.86. The molecule has 0 saturated heterocycles. The van der Waals surface area contributed by atoms with Gasteiger partial charge < -0.3 is 15.4 Å². The number of benzene rings is 2. The molecule has 144 valence electrons. The Morgan fingerprint density at radius 3 is 2.36 bits per heavy atom. The van der Waals surface area contributed by atoms with Crippen molar-refractivity contribution in [2.45, 2.75) is 20.8 Å². The van der Waals surface area contributed by atoms with Crippen LogP contribution in [0, 0.1) is 26.6 Å². The normalized spacial score (nSPS) is 10.5. The first kappa shape index (κ1) is 19.6. The number of aryl methyl sites for hydroxylation is 3. The Bertz CT molecular complexity index is 1020. The van der Waals surface area contributed by atoms with Gasteiger partial charge in [-0.2, -0.15) is 9.97 Å². The van der Waals surface area contributed by atoms with Crippen LogP contribution in [0.4, 0.5) is 20.6 Å². The van der Waals surface area contributed by atoms with Crippen molar-refractivity contribution in [1.82, 2.24) is 9.97 Å². The number of carbonyl (C=O) groups excluding carboxylic acids is 1. The van der Waals surface area contributed by atoms with Gasteiger partial charge in [0, 0.05) is 0 Å². The summed E-state index contributed by atoms with van der Waals surface area (Å²) < 4.78 is 19.1. The van der Waals surface area contributed by atoms with E-state index in [0.29, 0.717) is 27.8 Å². The quantitative estimate of drug-likeness (QED) is 0.595. The Morgan fingerprint density at radius 2 is 1.71 bits per heavy atom. The number of urea groups is 1. The fourth-order valence-corrected chi connectivity index (χ4v) is 2.81. The molecule has 3 aromatic rings. The number of hydrogen-bond acceptors (Lipinski definition) is 4. The van der Waals surface area contributed by atoms with Crippen LogP contribution in [0.15, 0.2) is 42.5 Å². The van der Waals surface area contributed by atoms with Crippen LogP contribution in [0.1, 0.15) is 17.0 Å². The molecule has 0 aliphatic carbocycles. The Labute approximate surface area is 166 Å². The minimum absolute atomic E-state index is 0.00682. The van der Waals surface area contributed by atoms with Crippen LogP contribution in [0.3, 0.4) is 0 Å². The zero-order valence-corrected chi connectivity index (χ0v) is 16.3. The van der Waals surface area contributed by atoms with E-state index in [0.717, 1.165) is 5.56 Å². The standard InChI is InChI=1S/C20H18ClFN4O2/c1-11-8-9-16(14(21)10-11)25-19(27)26-18-12(2)23-20(24-13(18)3)28-17-7-5-4-6-15(17)22/h4-10H,1-3H3,(H2,25,26,27). The molecule has 0 atom stereocenters. The van der Waals surface area contributed by atoms with Crippen molar-refractivity contribution in [3.05, 3.63) is 70.3 Å². The fourth-order valence-electron chi connectivity index (χ4n) is 2.53. The van der Waals surface area contributed by atoms with Gasteiger partial charge >= 0.3 is 12.0 Å². The summed E-state index contributed by atoms with van der Waals surface area (Å²) in [7, 11) is 0. The number of ether oxygens (including phenoxy) is 1. The molecule has 6 nitrogen and oxygen atoms in total. The maximum atomic E-state index is 13.7. The number of aromatic nitrogens is 2. The number of halogens is 2. The van der Waals surface area contributed by atoms with E-state index in [2.05, 4.69) is 20.6 Å². The Kier molecular flexibility index (Phi) is 5.75. The molecule has 0 aliphatic heterocycles. The van der Waals surface area contributed by atoms with Crippen molar-refractivity contribution in [3.8, 4) is 11.8 Å². The van der Waals surface area contributed by atoms with E-state index in [9.17, 15) is 9.18 Å². The van der Waals surface area contributed by atoms with Crippen LogP contribution in [-0.4, -0.2) is 16.0 Å². The summed E-state index contributed by atoms with van der Waals surface area (Å²) in [5, 5.41) is 5.83. The zero-order valence-electron chi connectivity index (χ0n) is 15.5. The van der Waals surface area contributed by atoms with Crippen molar-refractivity contribution >= 4 is 29.0 Å². The molecule has 0 radical (unpaired) electrons. The summed E-state index contributed by atoms with van der Waals surface area (Å²) in [6.07, 6.45) is 0. The lowest BCUT2D eigenvalue weighted by molar-refractivity contribution is 0.262. The predicted molar refractivity (Wildman–Crippen MR) is 107 cm³/mol. The molecule has 0 unspecified atom stereocenters. The third-order valence-electron chi connectivity index (χ3n) is 3.90. The van der Waals surface area contributed by atoms with Gasteiger partial charge in [-0.25, -0.2) is 9.18 Å². The van der Waals surface area contributed by atoms with Gasteiger partial charge in [0.15, 0.2) is 11.6 Å². The summed E-state index contributed by atoms with van der Waals surface area (Å²) in [6, 6.07) is 10.8. The van der Waals surface area contributed by atoms with Gasteiger partial charge in [0.1, 0.15) is 0 Å². The lowest BCUT2D eigenvalue weighted by Gasteiger charge is -2.14. The molecular formula is C20H18ClFN4O2. The minimum Gasteiger partial charge on any atom is -0.421 e. The molecule has 2 amide bonds. The van der Waals surface area contributed by atoms with E-state index in [1.807, 2.05) is 13.0 Å². The van der Waals surface area contributed by atoms with Crippen molar-refractivity contribution in [3.63, 3.8) is 0 Å². The van der Waals surface area contributed by atoms with Crippen LogP contribution in [0.25, 0.3) is 0 Å². The van der Waals surface area contributed by atoms with Crippen molar-refractivity contribution < 1.29 is 13.9 Å². The Balaban J connectivity index is 1.75. The lowest BCUT2D eigenvalue weighted by atomic mass is 10.2. The minimum atomic E-state index is -0.516. The number of rotatable bonds is 4. The van der Waals surface area contributed by atoms with Crippen LogP contribution >= 0.6 is 11.6 Å². The highest BCUT2D eigenvalue weighted by atomic mass is 35.5. The maximum absolute atomic E-state index is 13.7. The Morgan fingerprint density at radius 1 is 1.04 bits per heavy atom. The van der Waals surface area contributed by atoms with E-state index in [1.165, 1.54) is 12.1 Å². The van der Waals surface area contributed by atoms with Crippen molar-refractivity contribution in [2.75, 3.05) is 10.6 Å². The topological polar surface area (TPSA) is 76.1 Å². The first-order valence-corrected chi connectivity index (χ1v) is 8.83. The smallest absolute Gasteiger partial charge is 0.323 e. The summed E-state index contributed by atoms with van der Waals surface area (Å²) in [5.74, 6) is -0.494. The summed E-state index contributed by atoms with van der Waals surface area (Å²) in [6.45, 7) is 5.29. The van der Waals surface area contributed by atoms with Gasteiger partial charge in [-0.05, 0) is 50.6 Å². The van der Waals surface area contributed by atoms with Crippen LogP contribution < -0.4 is 15.4 Å². The van der Waals surface area contributed by atoms with Crippen LogP contribution in [0.5, 0.6) is 11.8 Å². The van der Waals surface area contributed by atoms with Crippen LogP contribution in [0.2, 0.25) is 5.02 Å². The summed E-state index contributed by atoms with van der Waals surface area (Å²) >= 11 is 6.14. The molecule has 1 heterocycles. The lowest BCUT2D eigenvalue weighted by Crippen LogP contribution is -2.21. The Hall–Kier alpha value is -3.19. The van der Waals surface area contributed by atoms with E-state index in [-0.39, 0.29) is 11.8 Å². The molecule has 0 bridgehead atoms. The summed E-state index contributed by atoms with van der Waals surface area (Å²) in [4.78, 5) is 20.7. The number of hydrogen-bond donors (Lipinski definition) is 2. The van der Waals surface area contributed by atoms with Gasteiger partial charge in [-0.3, -0.25) is 0 Å². The molecule has 2 aromatic carbocycles. The molecular weight excluding hydrogens is 383 g/mol. The van der Waals surface area contributed by atoms with Gasteiger partial charge in [0.05, 0.1) is 27.8 Å². The molecule has 1 aromatic heterocycles. The number of nitrogens with one attached hydrogen (secondary N) is 2. The molecule has 3 rings (SSSR count). The molecule has 0 aliphatic rings. The monoisotopic (exact) mass is 400 g/mol. The van der Waals surface area contributed by atoms with Gasteiger partial charge in [0.2, 0.25) is 0 Å². The first-order valence-electron chi connectivity index (χ1n) is 8.45. The highest BCUT2D eigenvalue weighted by Gasteiger charge is 2.14. The first-order chi connectivity index (χ1) is 13.3. The van der Waals surface area contributed by atoms with Crippen molar-refractivity contribution in [1.29, 1.82) is 0 Å². The highest BCUT2D eigenvalue weighted by Crippen LogP contribution is 2.26. The van der Waals surface area contributed by atoms with E-state index < -0.39 is 11.8 Å². The molecule has 0 saturated carbocycles. The van der Waals surface area contributed by atoms with E-state index >= 15 is 0 Å². The molecule has 2 N–H and O–H groups in total. The number of nitrogens with zero attached hydrogens (tertiary/aromatic N) is 2. The van der Waals surface area contributed by atoms with Gasteiger partial charge in [-0.1, -0.05) is 29.8 Å². The predicted octanol–water partition coefficient (Wildman–Crippen LogP) is 5.63. The average molecular weight is 401 g/mol.